The van der Waals surface area contributed by atoms with E-state index in [2.05, 4.69) is 10.2 Å². The van der Waals surface area contributed by atoms with Gasteiger partial charge < -0.3 is 15.0 Å². The Kier molecular flexibility index (Phi) is 4.80. The zero-order chi connectivity index (χ0) is 12.1. The Morgan fingerprint density at radius 1 is 1.35 bits per heavy atom. The van der Waals surface area contributed by atoms with Crippen molar-refractivity contribution < 1.29 is 9.53 Å². The molecule has 2 fully saturated rings. The van der Waals surface area contributed by atoms with Crippen LogP contribution >= 0.6 is 0 Å². The highest BCUT2D eigenvalue weighted by atomic mass is 16.5. The highest BCUT2D eigenvalue weighted by molar-refractivity contribution is 5.77. The fourth-order valence-corrected chi connectivity index (χ4v) is 2.93. The molecule has 0 spiro atoms. The summed E-state index contributed by atoms with van der Waals surface area (Å²) in [6.07, 6.45) is 5.14. The van der Waals surface area contributed by atoms with Crippen molar-refractivity contribution in [2.24, 2.45) is 5.92 Å². The first-order valence-corrected chi connectivity index (χ1v) is 6.83. The predicted octanol–water partition coefficient (Wildman–Crippen LogP) is 1.01. The van der Waals surface area contributed by atoms with E-state index in [0.717, 1.165) is 58.4 Å². The van der Waals surface area contributed by atoms with Crippen molar-refractivity contribution in [3.63, 3.8) is 0 Å². The van der Waals surface area contributed by atoms with E-state index in [1.54, 1.807) is 0 Å². The molecule has 2 saturated heterocycles. The molecule has 2 aliphatic heterocycles. The van der Waals surface area contributed by atoms with Crippen molar-refractivity contribution in [3.8, 4) is 0 Å². The van der Waals surface area contributed by atoms with Crippen molar-refractivity contribution in [2.75, 3.05) is 33.4 Å². The van der Waals surface area contributed by atoms with Gasteiger partial charge >= 0.3 is 0 Å². The molecule has 0 radical (unpaired) electrons. The first-order chi connectivity index (χ1) is 8.31. The molecular weight excluding hydrogens is 216 g/mol. The van der Waals surface area contributed by atoms with Crippen LogP contribution in [0.5, 0.6) is 0 Å². The van der Waals surface area contributed by atoms with E-state index in [4.69, 9.17) is 4.74 Å². The molecule has 2 heterocycles. The lowest BCUT2D eigenvalue weighted by Crippen LogP contribution is -2.41. The molecule has 1 unspecified atom stereocenters. The average molecular weight is 240 g/mol. The summed E-state index contributed by atoms with van der Waals surface area (Å²) < 4.78 is 5.33. The number of likely N-dealkylation sites (tertiary alicyclic amines) is 1. The molecule has 2 aliphatic rings. The third kappa shape index (κ3) is 3.42. The first-order valence-electron chi connectivity index (χ1n) is 6.83. The normalized spacial score (nSPS) is 26.4. The lowest BCUT2D eigenvalue weighted by atomic mass is 9.96. The van der Waals surface area contributed by atoms with Crippen LogP contribution in [0.1, 0.15) is 32.1 Å². The van der Waals surface area contributed by atoms with Gasteiger partial charge in [0.05, 0.1) is 0 Å². The van der Waals surface area contributed by atoms with E-state index in [1.807, 2.05) is 7.05 Å². The minimum absolute atomic E-state index is 0.356. The number of ether oxygens (including phenoxy) is 1. The van der Waals surface area contributed by atoms with Crippen molar-refractivity contribution >= 4 is 5.91 Å². The highest BCUT2D eigenvalue weighted by Gasteiger charge is 2.29. The van der Waals surface area contributed by atoms with E-state index >= 15 is 0 Å². The standard InChI is InChI=1S/C13H24N2O2/c1-14-10-12-3-2-6-15(12)13(16)9-11-4-7-17-8-5-11/h11-12,14H,2-10H2,1H3. The number of carbonyl (C=O) groups is 1. The lowest BCUT2D eigenvalue weighted by Gasteiger charge is -2.28. The highest BCUT2D eigenvalue weighted by Crippen LogP contribution is 2.23. The Hall–Kier alpha value is -0.610. The Balaban J connectivity index is 1.81. The van der Waals surface area contributed by atoms with Crippen molar-refractivity contribution in [1.29, 1.82) is 0 Å². The van der Waals surface area contributed by atoms with E-state index in [1.165, 1.54) is 0 Å². The van der Waals surface area contributed by atoms with Crippen LogP contribution in [0.25, 0.3) is 0 Å². The maximum absolute atomic E-state index is 12.3. The van der Waals surface area contributed by atoms with Crippen molar-refractivity contribution in [3.05, 3.63) is 0 Å². The van der Waals surface area contributed by atoms with Crippen LogP contribution in [-0.2, 0) is 9.53 Å². The molecule has 1 atom stereocenters. The number of nitrogens with one attached hydrogen (secondary N) is 1. The second kappa shape index (κ2) is 6.36. The second-order valence-corrected chi connectivity index (χ2v) is 5.20. The van der Waals surface area contributed by atoms with Gasteiger partial charge in [-0.05, 0) is 38.6 Å². The summed E-state index contributed by atoms with van der Waals surface area (Å²) in [6, 6.07) is 0.423. The van der Waals surface area contributed by atoms with Crippen molar-refractivity contribution in [1.82, 2.24) is 10.2 Å². The van der Waals surface area contributed by atoms with Crippen LogP contribution in [0.15, 0.2) is 0 Å². The van der Waals surface area contributed by atoms with Gasteiger partial charge in [0, 0.05) is 38.8 Å². The van der Waals surface area contributed by atoms with Crippen LogP contribution in [0.4, 0.5) is 0 Å². The smallest absolute Gasteiger partial charge is 0.223 e. The topological polar surface area (TPSA) is 41.6 Å². The monoisotopic (exact) mass is 240 g/mol. The molecule has 0 aliphatic carbocycles. The maximum atomic E-state index is 12.3. The van der Waals surface area contributed by atoms with Crippen molar-refractivity contribution in [2.45, 2.75) is 38.1 Å². The second-order valence-electron chi connectivity index (χ2n) is 5.20. The van der Waals surface area contributed by atoms with Gasteiger partial charge in [0.25, 0.3) is 0 Å². The van der Waals surface area contributed by atoms with Gasteiger partial charge in [0.2, 0.25) is 5.91 Å². The molecule has 0 saturated carbocycles. The summed E-state index contributed by atoms with van der Waals surface area (Å²) in [5, 5.41) is 3.18. The largest absolute Gasteiger partial charge is 0.381 e. The quantitative estimate of drug-likeness (QED) is 0.797. The molecule has 0 aromatic heterocycles. The zero-order valence-corrected chi connectivity index (χ0v) is 10.8. The molecule has 1 amide bonds. The fraction of sp³-hybridized carbons (Fsp3) is 0.923. The molecule has 4 nitrogen and oxygen atoms in total. The lowest BCUT2D eigenvalue weighted by molar-refractivity contribution is -0.133. The number of likely N-dealkylation sites (N-methyl/N-ethyl adjacent to an activating group) is 1. The molecule has 0 aromatic carbocycles. The molecule has 0 bridgehead atoms. The molecular formula is C13H24N2O2. The number of rotatable bonds is 4. The van der Waals surface area contributed by atoms with Gasteiger partial charge in [-0.25, -0.2) is 0 Å². The Morgan fingerprint density at radius 3 is 2.82 bits per heavy atom. The number of amides is 1. The van der Waals surface area contributed by atoms with Crippen LogP contribution < -0.4 is 5.32 Å². The van der Waals surface area contributed by atoms with Gasteiger partial charge in [0.1, 0.15) is 0 Å². The molecule has 0 aromatic rings. The zero-order valence-electron chi connectivity index (χ0n) is 10.8. The minimum atomic E-state index is 0.356. The Morgan fingerprint density at radius 2 is 2.12 bits per heavy atom. The predicted molar refractivity (Wildman–Crippen MR) is 66.8 cm³/mol. The minimum Gasteiger partial charge on any atom is -0.381 e. The summed E-state index contributed by atoms with van der Waals surface area (Å²) >= 11 is 0. The van der Waals surface area contributed by atoms with E-state index in [-0.39, 0.29) is 0 Å². The summed E-state index contributed by atoms with van der Waals surface area (Å²) in [6.45, 7) is 3.55. The molecule has 4 heteroatoms. The van der Waals surface area contributed by atoms with Crippen LogP contribution in [0.2, 0.25) is 0 Å². The first kappa shape index (κ1) is 12.8. The van der Waals surface area contributed by atoms with E-state index < -0.39 is 0 Å². The average Bonchev–Trinajstić information content (AvgIpc) is 2.79. The number of hydrogen-bond acceptors (Lipinski definition) is 3. The third-order valence-corrected chi connectivity index (χ3v) is 3.94. The van der Waals surface area contributed by atoms with Crippen LogP contribution in [-0.4, -0.2) is 50.2 Å². The van der Waals surface area contributed by atoms with E-state index in [0.29, 0.717) is 17.9 Å². The fourth-order valence-electron chi connectivity index (χ4n) is 2.93. The molecule has 98 valence electrons. The molecule has 2 rings (SSSR count). The van der Waals surface area contributed by atoms with Gasteiger partial charge in [-0.1, -0.05) is 0 Å². The van der Waals surface area contributed by atoms with Crippen LogP contribution in [0.3, 0.4) is 0 Å². The number of carbonyl (C=O) groups excluding carboxylic acids is 1. The maximum Gasteiger partial charge on any atom is 0.223 e. The Labute approximate surface area is 104 Å². The van der Waals surface area contributed by atoms with E-state index in [9.17, 15) is 4.79 Å². The Bertz CT molecular complexity index is 252. The van der Waals surface area contributed by atoms with Crippen LogP contribution in [0, 0.1) is 5.92 Å². The number of hydrogen-bond donors (Lipinski definition) is 1. The SMILES string of the molecule is CNCC1CCCN1C(=O)CC1CCOCC1. The summed E-state index contributed by atoms with van der Waals surface area (Å²) in [4.78, 5) is 14.3. The van der Waals surface area contributed by atoms with Gasteiger partial charge in [-0.15, -0.1) is 0 Å². The van der Waals surface area contributed by atoms with Gasteiger partial charge in [-0.2, -0.15) is 0 Å². The molecule has 17 heavy (non-hydrogen) atoms. The summed E-state index contributed by atoms with van der Waals surface area (Å²) in [5.74, 6) is 0.904. The number of nitrogens with zero attached hydrogens (tertiary/aromatic N) is 1. The summed E-state index contributed by atoms with van der Waals surface area (Å²) in [7, 11) is 1.96. The molecule has 1 N–H and O–H groups in total. The third-order valence-electron chi connectivity index (χ3n) is 3.94. The van der Waals surface area contributed by atoms with Gasteiger partial charge in [0.15, 0.2) is 0 Å². The summed E-state index contributed by atoms with van der Waals surface area (Å²) in [5.41, 5.74) is 0. The van der Waals surface area contributed by atoms with Gasteiger partial charge in [-0.3, -0.25) is 4.79 Å².